The normalized spacial score (nSPS) is 24.0. The Bertz CT molecular complexity index is 424. The number of ether oxygens (including phenoxy) is 1. The molecule has 0 spiro atoms. The van der Waals surface area contributed by atoms with Crippen molar-refractivity contribution in [2.24, 2.45) is 0 Å². The van der Waals surface area contributed by atoms with Crippen molar-refractivity contribution in [3.8, 4) is 0 Å². The Balaban J connectivity index is 2.26. The van der Waals surface area contributed by atoms with E-state index in [1.807, 2.05) is 0 Å². The van der Waals surface area contributed by atoms with Crippen LogP contribution in [0.3, 0.4) is 0 Å². The van der Waals surface area contributed by atoms with Crippen molar-refractivity contribution in [1.29, 1.82) is 0 Å². The molecule has 2 heterocycles. The first-order chi connectivity index (χ1) is 8.11. The van der Waals surface area contributed by atoms with Crippen molar-refractivity contribution < 1.29 is 14.6 Å². The van der Waals surface area contributed by atoms with Crippen LogP contribution in [-0.2, 0) is 9.53 Å². The summed E-state index contributed by atoms with van der Waals surface area (Å²) < 4.78 is 5.23. The second-order valence-electron chi connectivity index (χ2n) is 4.06. The molecule has 1 aliphatic rings. The van der Waals surface area contributed by atoms with Crippen LogP contribution in [0.5, 0.6) is 0 Å². The van der Waals surface area contributed by atoms with Crippen molar-refractivity contribution in [3.05, 3.63) is 18.1 Å². The van der Waals surface area contributed by atoms with Gasteiger partial charge >= 0.3 is 5.97 Å². The molecule has 1 N–H and O–H groups in total. The monoisotopic (exact) mass is 237 g/mol. The highest BCUT2D eigenvalue weighted by molar-refractivity contribution is 5.78. The number of methoxy groups -OCH3 is 1. The van der Waals surface area contributed by atoms with Crippen LogP contribution in [0.15, 0.2) is 12.3 Å². The van der Waals surface area contributed by atoms with Gasteiger partial charge in [-0.05, 0) is 13.0 Å². The van der Waals surface area contributed by atoms with Gasteiger partial charge in [-0.2, -0.15) is 0 Å². The van der Waals surface area contributed by atoms with Crippen LogP contribution in [0.2, 0.25) is 0 Å². The van der Waals surface area contributed by atoms with Gasteiger partial charge in [0, 0.05) is 26.3 Å². The molecule has 0 aromatic carbocycles. The minimum absolute atomic E-state index is 0.0635. The topological polar surface area (TPSA) is 75.6 Å². The molecule has 0 bridgehead atoms. The molecule has 6 heteroatoms. The number of aryl methyl sites for hydroxylation is 1. The summed E-state index contributed by atoms with van der Waals surface area (Å²) in [6, 6.07) is 1.15. The quantitative estimate of drug-likeness (QED) is 0.823. The molecule has 1 aromatic rings. The van der Waals surface area contributed by atoms with Gasteiger partial charge in [0.2, 0.25) is 0 Å². The van der Waals surface area contributed by atoms with Crippen molar-refractivity contribution in [2.75, 3.05) is 18.6 Å². The van der Waals surface area contributed by atoms with E-state index in [9.17, 15) is 9.90 Å². The van der Waals surface area contributed by atoms with Gasteiger partial charge in [-0.15, -0.1) is 0 Å². The molecule has 1 saturated heterocycles. The lowest BCUT2D eigenvalue weighted by Crippen LogP contribution is -2.36. The Kier molecular flexibility index (Phi) is 3.23. The molecule has 2 atom stereocenters. The van der Waals surface area contributed by atoms with Gasteiger partial charge in [0.1, 0.15) is 17.7 Å². The van der Waals surface area contributed by atoms with Crippen molar-refractivity contribution >= 4 is 11.8 Å². The number of carbonyl (C=O) groups is 1. The van der Waals surface area contributed by atoms with E-state index in [1.165, 1.54) is 0 Å². The molecule has 2 rings (SSSR count). The summed E-state index contributed by atoms with van der Waals surface area (Å²) in [7, 11) is 1.60. The fourth-order valence-corrected chi connectivity index (χ4v) is 2.06. The number of carboxylic acid groups (broad SMARTS) is 1. The maximum absolute atomic E-state index is 11.2. The molecule has 0 radical (unpaired) electrons. The van der Waals surface area contributed by atoms with E-state index in [0.29, 0.717) is 24.6 Å². The molecule has 2 unspecified atom stereocenters. The highest BCUT2D eigenvalue weighted by Gasteiger charge is 2.37. The molecular formula is C11H15N3O3. The second kappa shape index (κ2) is 4.67. The molecule has 0 amide bonds. The van der Waals surface area contributed by atoms with E-state index in [0.717, 1.165) is 0 Å². The van der Waals surface area contributed by atoms with Crippen LogP contribution >= 0.6 is 0 Å². The summed E-state index contributed by atoms with van der Waals surface area (Å²) in [4.78, 5) is 21.2. The Labute approximate surface area is 99.2 Å². The van der Waals surface area contributed by atoms with E-state index in [4.69, 9.17) is 4.74 Å². The third-order valence-electron chi connectivity index (χ3n) is 2.94. The highest BCUT2D eigenvalue weighted by Crippen LogP contribution is 2.25. The van der Waals surface area contributed by atoms with Gasteiger partial charge in [-0.1, -0.05) is 0 Å². The average molecular weight is 237 g/mol. The molecule has 1 fully saturated rings. The number of anilines is 1. The summed E-state index contributed by atoms with van der Waals surface area (Å²) in [5.74, 6) is 0.428. The average Bonchev–Trinajstić information content (AvgIpc) is 2.73. The Hall–Kier alpha value is -1.69. The van der Waals surface area contributed by atoms with Gasteiger partial charge in [-0.3, -0.25) is 0 Å². The first-order valence-corrected chi connectivity index (χ1v) is 5.43. The summed E-state index contributed by atoms with van der Waals surface area (Å²) in [6.07, 6.45) is 2.05. The summed E-state index contributed by atoms with van der Waals surface area (Å²) in [6.45, 7) is 2.33. The largest absolute Gasteiger partial charge is 0.480 e. The molecule has 6 nitrogen and oxygen atoms in total. The number of rotatable bonds is 3. The summed E-state index contributed by atoms with van der Waals surface area (Å²) >= 11 is 0. The van der Waals surface area contributed by atoms with Crippen LogP contribution in [-0.4, -0.2) is 46.8 Å². The molecule has 1 aromatic heterocycles. The SMILES string of the molecule is COC1CC(C(=O)O)N(c2ccnc(C)n2)C1. The number of hydrogen-bond donors (Lipinski definition) is 1. The molecule has 0 aliphatic carbocycles. The predicted molar refractivity (Wildman–Crippen MR) is 61.0 cm³/mol. The number of nitrogens with zero attached hydrogens (tertiary/aromatic N) is 3. The van der Waals surface area contributed by atoms with E-state index in [2.05, 4.69) is 9.97 Å². The fourth-order valence-electron chi connectivity index (χ4n) is 2.06. The van der Waals surface area contributed by atoms with Crippen molar-refractivity contribution in [3.63, 3.8) is 0 Å². The molecule has 92 valence electrons. The molecular weight excluding hydrogens is 222 g/mol. The first kappa shape index (κ1) is 11.8. The van der Waals surface area contributed by atoms with Crippen molar-refractivity contribution in [2.45, 2.75) is 25.5 Å². The summed E-state index contributed by atoms with van der Waals surface area (Å²) in [5.41, 5.74) is 0. The lowest BCUT2D eigenvalue weighted by Gasteiger charge is -2.22. The lowest BCUT2D eigenvalue weighted by molar-refractivity contribution is -0.138. The fraction of sp³-hybridized carbons (Fsp3) is 0.545. The first-order valence-electron chi connectivity index (χ1n) is 5.43. The zero-order valence-electron chi connectivity index (χ0n) is 9.83. The Morgan fingerprint density at radius 3 is 3.00 bits per heavy atom. The summed E-state index contributed by atoms with van der Waals surface area (Å²) in [5, 5.41) is 9.19. The van der Waals surface area contributed by atoms with E-state index in [1.54, 1.807) is 31.2 Å². The standard InChI is InChI=1S/C11H15N3O3/c1-7-12-4-3-10(13-7)14-6-8(17-2)5-9(14)11(15)16/h3-4,8-9H,5-6H2,1-2H3,(H,15,16). The van der Waals surface area contributed by atoms with Crippen LogP contribution in [0, 0.1) is 6.92 Å². The number of aromatic nitrogens is 2. The van der Waals surface area contributed by atoms with Gasteiger partial charge < -0.3 is 14.7 Å². The molecule has 1 aliphatic heterocycles. The Morgan fingerprint density at radius 1 is 1.65 bits per heavy atom. The smallest absolute Gasteiger partial charge is 0.326 e. The van der Waals surface area contributed by atoms with Crippen LogP contribution in [0.25, 0.3) is 0 Å². The molecule has 17 heavy (non-hydrogen) atoms. The minimum atomic E-state index is -0.846. The number of hydrogen-bond acceptors (Lipinski definition) is 5. The van der Waals surface area contributed by atoms with Gasteiger partial charge in [-0.25, -0.2) is 14.8 Å². The minimum Gasteiger partial charge on any atom is -0.480 e. The highest BCUT2D eigenvalue weighted by atomic mass is 16.5. The zero-order chi connectivity index (χ0) is 12.4. The van der Waals surface area contributed by atoms with E-state index in [-0.39, 0.29) is 6.10 Å². The zero-order valence-corrected chi connectivity index (χ0v) is 9.83. The lowest BCUT2D eigenvalue weighted by atomic mass is 10.2. The van der Waals surface area contributed by atoms with Crippen LogP contribution < -0.4 is 4.90 Å². The van der Waals surface area contributed by atoms with Crippen molar-refractivity contribution in [1.82, 2.24) is 9.97 Å². The molecule has 0 saturated carbocycles. The van der Waals surface area contributed by atoms with Crippen LogP contribution in [0.1, 0.15) is 12.2 Å². The Morgan fingerprint density at radius 2 is 2.41 bits per heavy atom. The maximum atomic E-state index is 11.2. The third kappa shape index (κ3) is 2.36. The van der Waals surface area contributed by atoms with E-state index < -0.39 is 12.0 Å². The number of aliphatic carboxylic acids is 1. The van der Waals surface area contributed by atoms with Gasteiger partial charge in [0.25, 0.3) is 0 Å². The maximum Gasteiger partial charge on any atom is 0.326 e. The number of carboxylic acids is 1. The van der Waals surface area contributed by atoms with Crippen LogP contribution in [0.4, 0.5) is 5.82 Å². The van der Waals surface area contributed by atoms with Gasteiger partial charge in [0.15, 0.2) is 0 Å². The van der Waals surface area contributed by atoms with Gasteiger partial charge in [0.05, 0.1) is 6.10 Å². The third-order valence-corrected chi connectivity index (χ3v) is 2.94. The second-order valence-corrected chi connectivity index (χ2v) is 4.06. The van der Waals surface area contributed by atoms with E-state index >= 15 is 0 Å². The predicted octanol–water partition coefficient (Wildman–Crippen LogP) is 0.463.